The first-order valence-electron chi connectivity index (χ1n) is 11.0. The van der Waals surface area contributed by atoms with Gasteiger partial charge >= 0.3 is 6.03 Å². The number of amides is 2. The lowest BCUT2D eigenvalue weighted by molar-refractivity contribution is -0.122. The zero-order chi connectivity index (χ0) is 19.8. The van der Waals surface area contributed by atoms with Crippen LogP contribution in [-0.2, 0) is 14.8 Å². The zero-order valence-electron chi connectivity index (χ0n) is 17.1. The lowest BCUT2D eigenvalue weighted by Crippen LogP contribution is -2.57. The van der Waals surface area contributed by atoms with Crippen molar-refractivity contribution in [3.05, 3.63) is 0 Å². The lowest BCUT2D eigenvalue weighted by Gasteiger charge is -2.48. The van der Waals surface area contributed by atoms with Crippen LogP contribution in [0.1, 0.15) is 70.6 Å². The van der Waals surface area contributed by atoms with Crippen molar-refractivity contribution >= 4 is 16.1 Å². The second kappa shape index (κ2) is 8.11. The molecule has 0 bridgehead atoms. The predicted octanol–water partition coefficient (Wildman–Crippen LogP) is 2.47. The van der Waals surface area contributed by atoms with Crippen molar-refractivity contribution in [3.63, 3.8) is 0 Å². The van der Waals surface area contributed by atoms with Crippen LogP contribution in [0.4, 0.5) is 4.79 Å². The van der Waals surface area contributed by atoms with Gasteiger partial charge in [-0.05, 0) is 51.4 Å². The number of sulfonamides is 1. The fraction of sp³-hybridized carbons (Fsp3) is 0.950. The van der Waals surface area contributed by atoms with Gasteiger partial charge in [-0.25, -0.2) is 13.2 Å². The highest BCUT2D eigenvalue weighted by Gasteiger charge is 2.47. The van der Waals surface area contributed by atoms with Crippen molar-refractivity contribution < 1.29 is 17.9 Å². The molecule has 0 radical (unpaired) electrons. The van der Waals surface area contributed by atoms with E-state index in [0.29, 0.717) is 25.7 Å². The highest BCUT2D eigenvalue weighted by molar-refractivity contribution is 7.88. The van der Waals surface area contributed by atoms with E-state index in [1.165, 1.54) is 25.5 Å². The molecule has 4 rings (SSSR count). The number of nitrogens with zero attached hydrogens (tertiary/aromatic N) is 2. The minimum Gasteiger partial charge on any atom is -0.375 e. The first-order chi connectivity index (χ1) is 13.4. The molecule has 8 heteroatoms. The van der Waals surface area contributed by atoms with Gasteiger partial charge in [-0.15, -0.1) is 0 Å². The number of hydrogen-bond donors (Lipinski definition) is 1. The Labute approximate surface area is 169 Å². The van der Waals surface area contributed by atoms with Crippen LogP contribution in [0.2, 0.25) is 0 Å². The number of carbonyl (C=O) groups excluding carboxylic acids is 1. The number of likely N-dealkylation sites (tertiary alicyclic amines) is 1. The summed E-state index contributed by atoms with van der Waals surface area (Å²) in [6.07, 6.45) is 12.3. The summed E-state index contributed by atoms with van der Waals surface area (Å²) >= 11 is 0. The molecule has 1 unspecified atom stereocenters. The van der Waals surface area contributed by atoms with Crippen LogP contribution in [0.25, 0.3) is 0 Å². The molecule has 1 atom stereocenters. The van der Waals surface area contributed by atoms with Gasteiger partial charge in [0.2, 0.25) is 10.0 Å². The molecule has 160 valence electrons. The Hall–Kier alpha value is -0.860. The Kier molecular flexibility index (Phi) is 5.91. The van der Waals surface area contributed by atoms with Gasteiger partial charge in [-0.2, -0.15) is 4.31 Å². The molecule has 2 saturated heterocycles. The topological polar surface area (TPSA) is 79.0 Å². The van der Waals surface area contributed by atoms with E-state index in [1.54, 1.807) is 4.31 Å². The molecule has 0 aromatic carbocycles. The van der Waals surface area contributed by atoms with Crippen molar-refractivity contribution in [2.45, 2.75) is 94.4 Å². The van der Waals surface area contributed by atoms with E-state index in [0.717, 1.165) is 51.4 Å². The Bertz CT molecular complexity index is 665. The SMILES string of the molecule is CS(=O)(=O)N(C1CC1)C1CCOC2(CCN(C(=O)NC3CCCCC3)CC2)C1. The summed E-state index contributed by atoms with van der Waals surface area (Å²) in [4.78, 5) is 14.5. The third-order valence-electron chi connectivity index (χ3n) is 7.01. The largest absolute Gasteiger partial charge is 0.375 e. The summed E-state index contributed by atoms with van der Waals surface area (Å²) in [6, 6.07) is 0.620. The van der Waals surface area contributed by atoms with Crippen molar-refractivity contribution in [2.24, 2.45) is 0 Å². The Morgan fingerprint density at radius 1 is 1.04 bits per heavy atom. The minimum absolute atomic E-state index is 0.0406. The predicted molar refractivity (Wildman–Crippen MR) is 108 cm³/mol. The average molecular weight is 414 g/mol. The van der Waals surface area contributed by atoms with Crippen LogP contribution in [0.5, 0.6) is 0 Å². The molecule has 4 fully saturated rings. The normalized spacial score (nSPS) is 29.2. The average Bonchev–Trinajstić information content (AvgIpc) is 3.47. The second-order valence-corrected chi connectivity index (χ2v) is 11.2. The Balaban J connectivity index is 1.33. The minimum atomic E-state index is -3.19. The molecule has 28 heavy (non-hydrogen) atoms. The van der Waals surface area contributed by atoms with Crippen LogP contribution >= 0.6 is 0 Å². The van der Waals surface area contributed by atoms with Crippen LogP contribution in [-0.4, -0.2) is 73.3 Å². The van der Waals surface area contributed by atoms with Gasteiger partial charge < -0.3 is 15.0 Å². The van der Waals surface area contributed by atoms with E-state index in [2.05, 4.69) is 5.32 Å². The lowest BCUT2D eigenvalue weighted by atomic mass is 9.82. The third kappa shape index (κ3) is 4.65. The molecule has 2 heterocycles. The fourth-order valence-corrected chi connectivity index (χ4v) is 6.84. The highest BCUT2D eigenvalue weighted by Crippen LogP contribution is 2.41. The number of rotatable bonds is 4. The summed E-state index contributed by atoms with van der Waals surface area (Å²) < 4.78 is 32.6. The Morgan fingerprint density at radius 3 is 2.32 bits per heavy atom. The molecular weight excluding hydrogens is 378 g/mol. The molecule has 4 aliphatic rings. The van der Waals surface area contributed by atoms with Crippen LogP contribution in [0.3, 0.4) is 0 Å². The van der Waals surface area contributed by atoms with E-state index in [-0.39, 0.29) is 23.7 Å². The number of carbonyl (C=O) groups is 1. The van der Waals surface area contributed by atoms with Gasteiger partial charge in [0, 0.05) is 37.8 Å². The van der Waals surface area contributed by atoms with E-state index in [1.807, 2.05) is 4.90 Å². The summed E-state index contributed by atoms with van der Waals surface area (Å²) in [7, 11) is -3.19. The van der Waals surface area contributed by atoms with Crippen molar-refractivity contribution in [3.8, 4) is 0 Å². The molecule has 2 aliphatic carbocycles. The number of urea groups is 1. The summed E-state index contributed by atoms with van der Waals surface area (Å²) in [5, 5.41) is 3.21. The number of hydrogen-bond acceptors (Lipinski definition) is 4. The van der Waals surface area contributed by atoms with Gasteiger partial charge in [0.1, 0.15) is 0 Å². The molecule has 2 aliphatic heterocycles. The van der Waals surface area contributed by atoms with Crippen molar-refractivity contribution in [2.75, 3.05) is 26.0 Å². The smallest absolute Gasteiger partial charge is 0.317 e. The van der Waals surface area contributed by atoms with Gasteiger partial charge in [-0.1, -0.05) is 19.3 Å². The fourth-order valence-electron chi connectivity index (χ4n) is 5.37. The molecule has 2 saturated carbocycles. The number of piperidine rings is 1. The standard InChI is InChI=1S/C20H35N3O4S/c1-28(25,26)23(17-7-8-17)18-9-14-27-20(15-18)10-12-22(13-11-20)19(24)21-16-5-3-2-4-6-16/h16-18H,2-15H2,1H3,(H,21,24). The molecule has 1 N–H and O–H groups in total. The maximum atomic E-state index is 12.6. The number of ether oxygens (including phenoxy) is 1. The maximum absolute atomic E-state index is 12.6. The van der Waals surface area contributed by atoms with E-state index in [9.17, 15) is 13.2 Å². The van der Waals surface area contributed by atoms with E-state index in [4.69, 9.17) is 4.74 Å². The molecule has 0 aromatic heterocycles. The first kappa shape index (κ1) is 20.4. The third-order valence-corrected chi connectivity index (χ3v) is 8.37. The molecule has 0 aromatic rings. The van der Waals surface area contributed by atoms with Gasteiger partial charge in [0.25, 0.3) is 0 Å². The highest BCUT2D eigenvalue weighted by atomic mass is 32.2. The summed E-state index contributed by atoms with van der Waals surface area (Å²) in [5.74, 6) is 0. The molecule has 1 spiro atoms. The number of nitrogens with one attached hydrogen (secondary N) is 1. The van der Waals surface area contributed by atoms with Crippen molar-refractivity contribution in [1.82, 2.24) is 14.5 Å². The monoisotopic (exact) mass is 413 g/mol. The van der Waals surface area contributed by atoms with E-state index < -0.39 is 10.0 Å². The quantitative estimate of drug-likeness (QED) is 0.768. The Morgan fingerprint density at radius 2 is 1.71 bits per heavy atom. The molecule has 7 nitrogen and oxygen atoms in total. The molecular formula is C20H35N3O4S. The van der Waals surface area contributed by atoms with Crippen LogP contribution in [0.15, 0.2) is 0 Å². The van der Waals surface area contributed by atoms with Crippen LogP contribution in [0, 0.1) is 0 Å². The van der Waals surface area contributed by atoms with Gasteiger partial charge in [-0.3, -0.25) is 0 Å². The molecule has 2 amide bonds. The van der Waals surface area contributed by atoms with Crippen molar-refractivity contribution in [1.29, 1.82) is 0 Å². The van der Waals surface area contributed by atoms with Crippen LogP contribution < -0.4 is 5.32 Å². The van der Waals surface area contributed by atoms with E-state index >= 15 is 0 Å². The van der Waals surface area contributed by atoms with Gasteiger partial charge in [0.15, 0.2) is 0 Å². The first-order valence-corrected chi connectivity index (χ1v) is 12.9. The summed E-state index contributed by atoms with van der Waals surface area (Å²) in [5.41, 5.74) is -0.275. The zero-order valence-corrected chi connectivity index (χ0v) is 17.9. The van der Waals surface area contributed by atoms with Gasteiger partial charge in [0.05, 0.1) is 11.9 Å². The second-order valence-electron chi connectivity index (χ2n) is 9.27. The summed E-state index contributed by atoms with van der Waals surface area (Å²) in [6.45, 7) is 1.98. The maximum Gasteiger partial charge on any atom is 0.317 e.